The minimum absolute atomic E-state index is 0.0837. The van der Waals surface area contributed by atoms with Crippen molar-refractivity contribution in [2.45, 2.75) is 38.0 Å². The van der Waals surface area contributed by atoms with Crippen LogP contribution in [0, 0.1) is 0 Å². The maximum atomic E-state index is 11.0. The molecule has 0 fully saturated rings. The van der Waals surface area contributed by atoms with Crippen molar-refractivity contribution in [1.82, 2.24) is 29.7 Å². The first-order chi connectivity index (χ1) is 30.7. The quantitative estimate of drug-likeness (QED) is 0.0805. The number of aromatic hydroxyl groups is 4. The number of aliphatic hydroxyl groups is 2. The second-order valence-electron chi connectivity index (χ2n) is 16.2. The summed E-state index contributed by atoms with van der Waals surface area (Å²) in [7, 11) is 0. The Morgan fingerprint density at radius 3 is 1.37 bits per heavy atom. The molecular formula is C51H40N6O6. The van der Waals surface area contributed by atoms with E-state index in [0.29, 0.717) is 41.1 Å². The van der Waals surface area contributed by atoms with Gasteiger partial charge in [-0.15, -0.1) is 0 Å². The monoisotopic (exact) mass is 832 g/mol. The number of aliphatic hydroxyl groups excluding tert-OH is 2. The normalized spacial score (nSPS) is 15.3. The van der Waals surface area contributed by atoms with Crippen LogP contribution in [0.15, 0.2) is 121 Å². The molecule has 2 atom stereocenters. The Bertz CT molecular complexity index is 3360. The minimum atomic E-state index is -0.324. The molecule has 7 heterocycles. The summed E-state index contributed by atoms with van der Waals surface area (Å²) in [5.74, 6) is -0.192. The minimum Gasteiger partial charge on any atom is -0.508 e. The lowest BCUT2D eigenvalue weighted by atomic mass is 9.79. The molecule has 4 aromatic heterocycles. The van der Waals surface area contributed by atoms with Crippen molar-refractivity contribution < 1.29 is 30.6 Å². The predicted octanol–water partition coefficient (Wildman–Crippen LogP) is 9.28. The molecular weight excluding hydrogens is 793 g/mol. The van der Waals surface area contributed by atoms with E-state index in [4.69, 9.17) is 15.1 Å². The molecule has 63 heavy (non-hydrogen) atoms. The van der Waals surface area contributed by atoms with Gasteiger partial charge in [0.1, 0.15) is 23.0 Å². The SMILES string of the molecule is OCc1nn2c(c1CO)CC1c3nc(c(-c4cccc(O)c4)c4ccc([nH]4)c(-c4cccc(O)c4)c4nc(c(-c5cccc(O)c5)c5ccc([nH]5)c3-c3cccc(O)c3)C=C4)C1C2. The molecule has 11 rings (SSSR count). The summed E-state index contributed by atoms with van der Waals surface area (Å²) in [6.45, 7) is -0.232. The lowest BCUT2D eigenvalue weighted by Gasteiger charge is -2.29. The number of nitrogens with one attached hydrogen (secondary N) is 2. The summed E-state index contributed by atoms with van der Waals surface area (Å²) < 4.78 is 1.88. The highest BCUT2D eigenvalue weighted by Gasteiger charge is 2.42. The molecule has 3 aliphatic heterocycles. The van der Waals surface area contributed by atoms with Crippen LogP contribution in [-0.4, -0.2) is 60.4 Å². The Balaban J connectivity index is 1.35. The van der Waals surface area contributed by atoms with Crippen LogP contribution in [-0.2, 0) is 26.2 Å². The first-order valence-corrected chi connectivity index (χ1v) is 20.7. The summed E-state index contributed by atoms with van der Waals surface area (Å²) in [6.07, 6.45) is 4.33. The Kier molecular flexibility index (Phi) is 9.00. The highest BCUT2D eigenvalue weighted by Crippen LogP contribution is 2.51. The highest BCUT2D eigenvalue weighted by molar-refractivity contribution is 5.98. The molecule has 3 aliphatic rings. The van der Waals surface area contributed by atoms with Gasteiger partial charge in [-0.3, -0.25) is 9.67 Å². The third kappa shape index (κ3) is 6.42. The van der Waals surface area contributed by atoms with E-state index in [2.05, 4.69) is 9.97 Å². The molecule has 8 aromatic rings. The van der Waals surface area contributed by atoms with Gasteiger partial charge in [0.25, 0.3) is 0 Å². The van der Waals surface area contributed by atoms with Crippen LogP contribution in [0.3, 0.4) is 0 Å². The molecule has 8 bridgehead atoms. The van der Waals surface area contributed by atoms with Crippen molar-refractivity contribution >= 4 is 34.2 Å². The van der Waals surface area contributed by atoms with Crippen molar-refractivity contribution in [2.24, 2.45) is 0 Å². The maximum absolute atomic E-state index is 11.0. The van der Waals surface area contributed by atoms with Crippen molar-refractivity contribution in [1.29, 1.82) is 0 Å². The number of aromatic amines is 2. The number of fused-ring (bicyclic) bond motifs is 12. The van der Waals surface area contributed by atoms with Gasteiger partial charge < -0.3 is 40.6 Å². The number of H-pyrrole nitrogens is 2. The third-order valence-corrected chi connectivity index (χ3v) is 12.4. The van der Waals surface area contributed by atoms with E-state index in [9.17, 15) is 30.6 Å². The van der Waals surface area contributed by atoms with Crippen LogP contribution < -0.4 is 0 Å². The number of aromatic nitrogens is 6. The average Bonchev–Trinajstić information content (AvgIpc) is 4.14. The molecule has 8 N–H and O–H groups in total. The zero-order valence-electron chi connectivity index (χ0n) is 33.7. The van der Waals surface area contributed by atoms with Crippen molar-refractivity contribution in [3.63, 3.8) is 0 Å². The first kappa shape index (κ1) is 38.0. The Morgan fingerprint density at radius 2 is 0.937 bits per heavy atom. The Hall–Kier alpha value is -7.93. The van der Waals surface area contributed by atoms with Gasteiger partial charge in [-0.2, -0.15) is 5.10 Å². The topological polar surface area (TPSA) is 197 Å². The van der Waals surface area contributed by atoms with Gasteiger partial charge >= 0.3 is 0 Å². The zero-order valence-corrected chi connectivity index (χ0v) is 33.7. The predicted molar refractivity (Wildman–Crippen MR) is 242 cm³/mol. The van der Waals surface area contributed by atoms with Crippen molar-refractivity contribution in [2.75, 3.05) is 0 Å². The van der Waals surface area contributed by atoms with Gasteiger partial charge in [0.05, 0.1) is 48.2 Å². The van der Waals surface area contributed by atoms with Crippen molar-refractivity contribution in [3.8, 4) is 67.5 Å². The number of rotatable bonds is 6. The number of hydrogen-bond acceptors (Lipinski definition) is 9. The van der Waals surface area contributed by atoms with Gasteiger partial charge in [-0.1, -0.05) is 48.5 Å². The zero-order chi connectivity index (χ0) is 42.9. The summed E-state index contributed by atoms with van der Waals surface area (Å²) in [5.41, 5.74) is 13.3. The summed E-state index contributed by atoms with van der Waals surface area (Å²) in [6, 6.07) is 36.2. The molecule has 12 nitrogen and oxygen atoms in total. The number of benzene rings is 4. The molecule has 0 amide bonds. The molecule has 0 aliphatic carbocycles. The largest absolute Gasteiger partial charge is 0.508 e. The van der Waals surface area contributed by atoms with Crippen LogP contribution in [0.25, 0.3) is 78.7 Å². The van der Waals surface area contributed by atoms with Crippen LogP contribution in [0.5, 0.6) is 23.0 Å². The van der Waals surface area contributed by atoms with E-state index in [1.165, 1.54) is 0 Å². The number of hydrogen-bond donors (Lipinski definition) is 8. The molecule has 0 saturated heterocycles. The van der Waals surface area contributed by atoms with Crippen molar-refractivity contribution in [3.05, 3.63) is 161 Å². The first-order valence-electron chi connectivity index (χ1n) is 20.7. The molecule has 12 heteroatoms. The van der Waals surface area contributed by atoms with E-state index in [0.717, 1.165) is 78.1 Å². The van der Waals surface area contributed by atoms with E-state index >= 15 is 0 Å². The van der Waals surface area contributed by atoms with Crippen LogP contribution >= 0.6 is 0 Å². The summed E-state index contributed by atoms with van der Waals surface area (Å²) in [5, 5.41) is 69.3. The fourth-order valence-corrected chi connectivity index (χ4v) is 9.71. The van der Waals surface area contributed by atoms with E-state index in [1.54, 1.807) is 72.8 Å². The second kappa shape index (κ2) is 14.9. The molecule has 310 valence electrons. The van der Waals surface area contributed by atoms with Gasteiger partial charge in [0.2, 0.25) is 0 Å². The van der Waals surface area contributed by atoms with Crippen LogP contribution in [0.1, 0.15) is 51.6 Å². The molecule has 0 saturated carbocycles. The highest BCUT2D eigenvalue weighted by atomic mass is 16.3. The smallest absolute Gasteiger partial charge is 0.116 e. The van der Waals surface area contributed by atoms with Gasteiger partial charge in [-0.25, -0.2) is 4.98 Å². The number of phenols is 4. The Morgan fingerprint density at radius 1 is 0.508 bits per heavy atom. The third-order valence-electron chi connectivity index (χ3n) is 12.4. The number of nitrogens with zero attached hydrogens (tertiary/aromatic N) is 4. The maximum Gasteiger partial charge on any atom is 0.116 e. The average molecular weight is 833 g/mol. The van der Waals surface area contributed by atoms with Crippen LogP contribution in [0.2, 0.25) is 0 Å². The van der Waals surface area contributed by atoms with E-state index in [1.807, 2.05) is 65.4 Å². The summed E-state index contributed by atoms with van der Waals surface area (Å²) in [4.78, 5) is 18.4. The van der Waals surface area contributed by atoms with Crippen LogP contribution in [0.4, 0.5) is 0 Å². The molecule has 0 radical (unpaired) electrons. The fourth-order valence-electron chi connectivity index (χ4n) is 9.71. The lowest BCUT2D eigenvalue weighted by Crippen LogP contribution is -2.25. The lowest BCUT2D eigenvalue weighted by molar-refractivity contribution is 0.256. The van der Waals surface area contributed by atoms with E-state index in [-0.39, 0.29) is 48.0 Å². The molecule has 2 unspecified atom stereocenters. The fraction of sp³-hybridized carbons (Fsp3) is 0.118. The molecule has 4 aromatic carbocycles. The van der Waals surface area contributed by atoms with Gasteiger partial charge in [-0.05, 0) is 114 Å². The van der Waals surface area contributed by atoms with Gasteiger partial charge in [0, 0.05) is 67.4 Å². The molecule has 0 spiro atoms. The standard InChI is InChI=1S/C51H40N6O6/c58-25-37-44(26-59)56-57-24-36-35(23-45(37)57)50-48(29-7-3-11-33(62)21-29)42-17-15-40(53-42)46(27-5-1-9-31(60)19-27)38-13-14-39(52-38)47(28-6-2-10-32(61)20-28)41-16-18-43(54-41)49(51(36)55-50)30-8-4-12-34(63)22-30/h1-22,35-36,53-54,58-63H,23-26H2. The van der Waals surface area contributed by atoms with E-state index < -0.39 is 0 Å². The second-order valence-corrected chi connectivity index (χ2v) is 16.2. The Labute approximate surface area is 360 Å². The van der Waals surface area contributed by atoms with Gasteiger partial charge in [0.15, 0.2) is 0 Å². The summed E-state index contributed by atoms with van der Waals surface area (Å²) >= 11 is 0. The number of phenolic OH excluding ortho intramolecular Hbond substituents is 4.